The van der Waals surface area contributed by atoms with Crippen molar-refractivity contribution in [1.29, 1.82) is 0 Å². The van der Waals surface area contributed by atoms with E-state index in [0.717, 1.165) is 30.0 Å². The summed E-state index contributed by atoms with van der Waals surface area (Å²) in [6.07, 6.45) is 1.80. The molecule has 1 aliphatic heterocycles. The summed E-state index contributed by atoms with van der Waals surface area (Å²) in [6.45, 7) is 2.63. The highest BCUT2D eigenvalue weighted by molar-refractivity contribution is 6.04. The van der Waals surface area contributed by atoms with E-state index in [1.165, 1.54) is 4.68 Å². The van der Waals surface area contributed by atoms with Crippen molar-refractivity contribution in [2.24, 2.45) is 14.1 Å². The van der Waals surface area contributed by atoms with Gasteiger partial charge in [0.1, 0.15) is 0 Å². The number of aryl methyl sites for hydroxylation is 2. The molecule has 3 heterocycles. The Morgan fingerprint density at radius 3 is 2.34 bits per heavy atom. The monoisotopic (exact) mass is 428 g/mol. The average Bonchev–Trinajstić information content (AvgIpc) is 3.27. The van der Waals surface area contributed by atoms with Gasteiger partial charge in [0, 0.05) is 63.1 Å². The van der Waals surface area contributed by atoms with Gasteiger partial charge in [-0.2, -0.15) is 10.2 Å². The van der Waals surface area contributed by atoms with Gasteiger partial charge in [0.15, 0.2) is 5.69 Å². The zero-order valence-corrected chi connectivity index (χ0v) is 18.1. The molecule has 5 rings (SSSR count). The first-order valence-corrected chi connectivity index (χ1v) is 10.6. The molecule has 0 unspecified atom stereocenters. The number of carbonyl (C=O) groups is 1. The molecular weight excluding hydrogens is 404 g/mol. The Balaban J connectivity index is 1.35. The maximum absolute atomic E-state index is 13.3. The lowest BCUT2D eigenvalue weighted by Gasteiger charge is -2.36. The van der Waals surface area contributed by atoms with Crippen molar-refractivity contribution in [3.8, 4) is 11.3 Å². The fourth-order valence-corrected chi connectivity index (χ4v) is 4.29. The minimum atomic E-state index is -0.199. The molecule has 2 aromatic heterocycles. The Bertz CT molecular complexity index is 1360. The van der Waals surface area contributed by atoms with Crippen molar-refractivity contribution in [2.75, 3.05) is 31.1 Å². The lowest BCUT2D eigenvalue weighted by atomic mass is 10.1. The van der Waals surface area contributed by atoms with Crippen molar-refractivity contribution in [3.63, 3.8) is 0 Å². The molecular formula is C24H24N6O2. The zero-order valence-electron chi connectivity index (χ0n) is 18.1. The van der Waals surface area contributed by atoms with Crippen LogP contribution in [-0.4, -0.2) is 56.5 Å². The Labute approximate surface area is 185 Å². The maximum Gasteiger partial charge on any atom is 0.275 e. The number of amides is 1. The van der Waals surface area contributed by atoms with Crippen LogP contribution in [0.25, 0.3) is 22.0 Å². The largest absolute Gasteiger partial charge is 0.368 e. The summed E-state index contributed by atoms with van der Waals surface area (Å²) in [7, 11) is 3.52. The number of carbonyl (C=O) groups excluding carboxylic acids is 1. The van der Waals surface area contributed by atoms with Crippen LogP contribution in [0.2, 0.25) is 0 Å². The normalized spacial score (nSPS) is 14.2. The fraction of sp³-hybridized carbons (Fsp3) is 0.250. The van der Waals surface area contributed by atoms with Crippen molar-refractivity contribution < 1.29 is 4.79 Å². The molecule has 1 saturated heterocycles. The van der Waals surface area contributed by atoms with Crippen molar-refractivity contribution in [1.82, 2.24) is 24.5 Å². The first kappa shape index (κ1) is 20.0. The van der Waals surface area contributed by atoms with Gasteiger partial charge in [0.2, 0.25) is 0 Å². The second kappa shape index (κ2) is 7.96. The van der Waals surface area contributed by atoms with Crippen LogP contribution in [0.3, 0.4) is 0 Å². The van der Waals surface area contributed by atoms with E-state index in [4.69, 9.17) is 0 Å². The molecule has 0 bridgehead atoms. The van der Waals surface area contributed by atoms with Crippen LogP contribution < -0.4 is 10.5 Å². The molecule has 1 aliphatic rings. The number of hydrogen-bond donors (Lipinski definition) is 0. The molecule has 0 atom stereocenters. The first-order valence-electron chi connectivity index (χ1n) is 10.6. The number of hydrogen-bond acceptors (Lipinski definition) is 5. The van der Waals surface area contributed by atoms with Gasteiger partial charge in [-0.25, -0.2) is 4.68 Å². The molecule has 2 aromatic carbocycles. The molecule has 8 nitrogen and oxygen atoms in total. The van der Waals surface area contributed by atoms with Crippen molar-refractivity contribution in [3.05, 3.63) is 76.8 Å². The highest BCUT2D eigenvalue weighted by Crippen LogP contribution is 2.25. The SMILES string of the molecule is Cn1nccc1-c1cccc(N2CCN(C(=O)c3nn(C)c(=O)c4ccccc34)CC2)c1. The van der Waals surface area contributed by atoms with Gasteiger partial charge in [-0.3, -0.25) is 14.3 Å². The molecule has 0 saturated carbocycles. The minimum Gasteiger partial charge on any atom is -0.368 e. The standard InChI is InChI=1S/C24H24N6O2/c1-27-21(10-11-25-27)17-6-5-7-18(16-17)29-12-14-30(15-13-29)24(32)22-19-8-3-4-9-20(19)23(31)28(2)26-22/h3-11,16H,12-15H2,1-2H3. The van der Waals surface area contributed by atoms with Gasteiger partial charge in [-0.05, 0) is 24.3 Å². The van der Waals surface area contributed by atoms with Gasteiger partial charge >= 0.3 is 0 Å². The molecule has 162 valence electrons. The Morgan fingerprint density at radius 2 is 1.62 bits per heavy atom. The minimum absolute atomic E-state index is 0.139. The topological polar surface area (TPSA) is 76.3 Å². The number of anilines is 1. The summed E-state index contributed by atoms with van der Waals surface area (Å²) in [5.41, 5.74) is 3.43. The maximum atomic E-state index is 13.3. The number of piperazine rings is 1. The third kappa shape index (κ3) is 3.43. The molecule has 0 aliphatic carbocycles. The van der Waals surface area contributed by atoms with E-state index in [1.54, 1.807) is 31.4 Å². The number of fused-ring (bicyclic) bond motifs is 1. The Morgan fingerprint density at radius 1 is 0.875 bits per heavy atom. The van der Waals surface area contributed by atoms with Crippen LogP contribution in [-0.2, 0) is 14.1 Å². The van der Waals surface area contributed by atoms with E-state index in [0.29, 0.717) is 29.6 Å². The molecule has 0 spiro atoms. The number of nitrogens with zero attached hydrogens (tertiary/aromatic N) is 6. The summed E-state index contributed by atoms with van der Waals surface area (Å²) in [4.78, 5) is 29.8. The third-order valence-electron chi connectivity index (χ3n) is 6.05. The van der Waals surface area contributed by atoms with Gasteiger partial charge < -0.3 is 9.80 Å². The van der Waals surface area contributed by atoms with Gasteiger partial charge in [-0.1, -0.05) is 30.3 Å². The molecule has 32 heavy (non-hydrogen) atoms. The lowest BCUT2D eigenvalue weighted by molar-refractivity contribution is 0.0740. The van der Waals surface area contributed by atoms with E-state index < -0.39 is 0 Å². The highest BCUT2D eigenvalue weighted by Gasteiger charge is 2.26. The van der Waals surface area contributed by atoms with E-state index in [1.807, 2.05) is 28.8 Å². The van der Waals surface area contributed by atoms with Crippen molar-refractivity contribution in [2.45, 2.75) is 0 Å². The number of aromatic nitrogens is 4. The first-order chi connectivity index (χ1) is 15.5. The average molecular weight is 428 g/mol. The highest BCUT2D eigenvalue weighted by atomic mass is 16.2. The predicted octanol–water partition coefficient (Wildman–Crippen LogP) is 2.30. The second-order valence-electron chi connectivity index (χ2n) is 7.99. The van der Waals surface area contributed by atoms with Crippen LogP contribution >= 0.6 is 0 Å². The van der Waals surface area contributed by atoms with Gasteiger partial charge in [-0.15, -0.1) is 0 Å². The summed E-state index contributed by atoms with van der Waals surface area (Å²) in [5.74, 6) is -0.139. The summed E-state index contributed by atoms with van der Waals surface area (Å²) < 4.78 is 3.11. The smallest absolute Gasteiger partial charge is 0.275 e. The summed E-state index contributed by atoms with van der Waals surface area (Å²) >= 11 is 0. The van der Waals surface area contributed by atoms with E-state index >= 15 is 0 Å². The second-order valence-corrected chi connectivity index (χ2v) is 7.99. The molecule has 8 heteroatoms. The number of benzene rings is 2. The number of rotatable bonds is 3. The van der Waals surface area contributed by atoms with Crippen LogP contribution in [0.5, 0.6) is 0 Å². The third-order valence-corrected chi connectivity index (χ3v) is 6.05. The van der Waals surface area contributed by atoms with Crippen LogP contribution in [0.1, 0.15) is 10.5 Å². The van der Waals surface area contributed by atoms with Gasteiger partial charge in [0.25, 0.3) is 11.5 Å². The van der Waals surface area contributed by atoms with Crippen LogP contribution in [0, 0.1) is 0 Å². The molecule has 1 amide bonds. The Hall–Kier alpha value is -3.94. The Kier molecular flexibility index (Phi) is 4.97. The molecule has 1 fully saturated rings. The summed E-state index contributed by atoms with van der Waals surface area (Å²) in [5, 5.41) is 9.67. The molecule has 4 aromatic rings. The zero-order chi connectivity index (χ0) is 22.2. The molecule has 0 radical (unpaired) electrons. The van der Waals surface area contributed by atoms with Crippen LogP contribution in [0.4, 0.5) is 5.69 Å². The van der Waals surface area contributed by atoms with Crippen molar-refractivity contribution >= 4 is 22.4 Å². The predicted molar refractivity (Wildman–Crippen MR) is 124 cm³/mol. The van der Waals surface area contributed by atoms with Gasteiger partial charge in [0.05, 0.1) is 11.1 Å². The lowest BCUT2D eigenvalue weighted by Crippen LogP contribution is -2.49. The summed E-state index contributed by atoms with van der Waals surface area (Å²) in [6, 6.07) is 17.5. The fourth-order valence-electron chi connectivity index (χ4n) is 4.29. The quantitative estimate of drug-likeness (QED) is 0.501. The van der Waals surface area contributed by atoms with E-state index in [-0.39, 0.29) is 11.5 Å². The molecule has 0 N–H and O–H groups in total. The van der Waals surface area contributed by atoms with Crippen LogP contribution in [0.15, 0.2) is 65.6 Å². The van der Waals surface area contributed by atoms with E-state index in [2.05, 4.69) is 39.4 Å². The van der Waals surface area contributed by atoms with E-state index in [9.17, 15) is 9.59 Å².